The summed E-state index contributed by atoms with van der Waals surface area (Å²) < 4.78 is 5.02. The molecule has 0 amide bonds. The fraction of sp³-hybridized carbons (Fsp3) is 0.429. The minimum Gasteiger partial charge on any atom is -0.466 e. The number of fused-ring (bicyclic) bond motifs is 1. The van der Waals surface area contributed by atoms with Crippen molar-refractivity contribution in [2.24, 2.45) is 11.8 Å². The summed E-state index contributed by atoms with van der Waals surface area (Å²) in [5, 5.41) is 0. The molecular formula is C14H16O3. The molecule has 17 heavy (non-hydrogen) atoms. The number of benzene rings is 1. The number of esters is 1. The summed E-state index contributed by atoms with van der Waals surface area (Å²) in [6.07, 6.45) is 0.599. The molecule has 0 aliphatic heterocycles. The second-order valence-corrected chi connectivity index (χ2v) is 4.37. The molecule has 0 saturated carbocycles. The van der Waals surface area contributed by atoms with Crippen LogP contribution in [0.15, 0.2) is 24.3 Å². The lowest BCUT2D eigenvalue weighted by Gasteiger charge is -2.27. The van der Waals surface area contributed by atoms with E-state index in [1.807, 2.05) is 24.3 Å². The van der Waals surface area contributed by atoms with Crippen LogP contribution < -0.4 is 0 Å². The van der Waals surface area contributed by atoms with Gasteiger partial charge in [-0.25, -0.2) is 0 Å². The summed E-state index contributed by atoms with van der Waals surface area (Å²) in [6, 6.07) is 7.49. The Bertz CT molecular complexity index is 451. The van der Waals surface area contributed by atoms with Crippen molar-refractivity contribution in [1.29, 1.82) is 0 Å². The van der Waals surface area contributed by atoms with Gasteiger partial charge in [0.15, 0.2) is 5.78 Å². The second kappa shape index (κ2) is 4.70. The van der Waals surface area contributed by atoms with Gasteiger partial charge in [-0.2, -0.15) is 0 Å². The number of carbonyl (C=O) groups is 2. The highest BCUT2D eigenvalue weighted by Gasteiger charge is 2.37. The highest BCUT2D eigenvalue weighted by molar-refractivity contribution is 6.02. The average molecular weight is 232 g/mol. The largest absolute Gasteiger partial charge is 0.466 e. The molecule has 0 bridgehead atoms. The Morgan fingerprint density at radius 3 is 2.82 bits per heavy atom. The van der Waals surface area contributed by atoms with Gasteiger partial charge < -0.3 is 4.74 Å². The van der Waals surface area contributed by atoms with E-state index in [9.17, 15) is 9.59 Å². The summed E-state index contributed by atoms with van der Waals surface area (Å²) in [4.78, 5) is 23.9. The zero-order chi connectivity index (χ0) is 12.4. The molecule has 2 atom stereocenters. The molecule has 1 aliphatic carbocycles. The monoisotopic (exact) mass is 232 g/mol. The predicted octanol–water partition coefficient (Wildman–Crippen LogP) is 2.24. The van der Waals surface area contributed by atoms with Gasteiger partial charge in [-0.3, -0.25) is 9.59 Å². The Balaban J connectivity index is 2.31. The molecule has 0 N–H and O–H groups in total. The first kappa shape index (κ1) is 11.8. The van der Waals surface area contributed by atoms with E-state index < -0.39 is 0 Å². The number of carbonyl (C=O) groups excluding carboxylic acids is 2. The lowest BCUT2D eigenvalue weighted by atomic mass is 9.76. The minimum absolute atomic E-state index is 0.0462. The predicted molar refractivity (Wildman–Crippen MR) is 63.8 cm³/mol. The van der Waals surface area contributed by atoms with Crippen LogP contribution in [0.3, 0.4) is 0 Å². The van der Waals surface area contributed by atoms with Crippen LogP contribution in [0.2, 0.25) is 0 Å². The zero-order valence-corrected chi connectivity index (χ0v) is 10.1. The van der Waals surface area contributed by atoms with Gasteiger partial charge in [-0.05, 0) is 18.9 Å². The van der Waals surface area contributed by atoms with Crippen molar-refractivity contribution in [1.82, 2.24) is 0 Å². The van der Waals surface area contributed by atoms with Gasteiger partial charge in [0, 0.05) is 11.5 Å². The number of Topliss-reactive ketones (excluding diaryl/α,β-unsaturated/α-hetero) is 1. The molecule has 0 saturated heterocycles. The Labute approximate surface area is 101 Å². The molecular weight excluding hydrogens is 216 g/mol. The van der Waals surface area contributed by atoms with Crippen LogP contribution in [0.4, 0.5) is 0 Å². The van der Waals surface area contributed by atoms with Crippen LogP contribution in [0.5, 0.6) is 0 Å². The molecule has 0 unspecified atom stereocenters. The SMILES string of the molecule is CCOC(=O)[C@H]1Cc2ccccc2C(=O)[C@H]1C. The first-order chi connectivity index (χ1) is 8.15. The standard InChI is InChI=1S/C14H16O3/c1-3-17-14(16)12-8-10-6-4-5-7-11(10)13(15)9(12)2/h4-7,9,12H,3,8H2,1-2H3/t9-,12-/m0/s1. The van der Waals surface area contributed by atoms with Crippen LogP contribution in [0.25, 0.3) is 0 Å². The van der Waals surface area contributed by atoms with Gasteiger partial charge in [-0.1, -0.05) is 31.2 Å². The minimum atomic E-state index is -0.336. The molecule has 3 nitrogen and oxygen atoms in total. The van der Waals surface area contributed by atoms with E-state index in [0.717, 1.165) is 11.1 Å². The smallest absolute Gasteiger partial charge is 0.309 e. The van der Waals surface area contributed by atoms with Crippen molar-refractivity contribution in [3.05, 3.63) is 35.4 Å². The van der Waals surface area contributed by atoms with E-state index in [1.54, 1.807) is 13.8 Å². The molecule has 0 aromatic heterocycles. The van der Waals surface area contributed by atoms with Gasteiger partial charge >= 0.3 is 5.97 Å². The third kappa shape index (κ3) is 2.09. The fourth-order valence-electron chi connectivity index (χ4n) is 2.32. The Morgan fingerprint density at radius 2 is 2.12 bits per heavy atom. The van der Waals surface area contributed by atoms with Crippen molar-refractivity contribution >= 4 is 11.8 Å². The Morgan fingerprint density at radius 1 is 1.41 bits per heavy atom. The van der Waals surface area contributed by atoms with Crippen molar-refractivity contribution in [3.8, 4) is 0 Å². The van der Waals surface area contributed by atoms with Crippen molar-refractivity contribution < 1.29 is 14.3 Å². The van der Waals surface area contributed by atoms with E-state index in [0.29, 0.717) is 13.0 Å². The highest BCUT2D eigenvalue weighted by atomic mass is 16.5. The summed E-state index contributed by atoms with van der Waals surface area (Å²) in [5.41, 5.74) is 1.70. The maximum atomic E-state index is 12.1. The third-order valence-electron chi connectivity index (χ3n) is 3.33. The number of rotatable bonds is 2. The van der Waals surface area contributed by atoms with Gasteiger partial charge in [0.05, 0.1) is 12.5 Å². The van der Waals surface area contributed by atoms with Crippen LogP contribution in [0.1, 0.15) is 29.8 Å². The number of ether oxygens (including phenoxy) is 1. The molecule has 1 aliphatic rings. The number of hydrogen-bond donors (Lipinski definition) is 0. The second-order valence-electron chi connectivity index (χ2n) is 4.37. The zero-order valence-electron chi connectivity index (χ0n) is 10.1. The van der Waals surface area contributed by atoms with E-state index in [1.165, 1.54) is 0 Å². The maximum absolute atomic E-state index is 12.1. The average Bonchev–Trinajstić information content (AvgIpc) is 2.34. The summed E-state index contributed by atoms with van der Waals surface area (Å²) in [7, 11) is 0. The normalized spacial score (nSPS) is 23.1. The topological polar surface area (TPSA) is 43.4 Å². The van der Waals surface area contributed by atoms with E-state index >= 15 is 0 Å². The van der Waals surface area contributed by atoms with E-state index in [4.69, 9.17) is 4.74 Å². The third-order valence-corrected chi connectivity index (χ3v) is 3.33. The number of ketones is 1. The summed E-state index contributed by atoms with van der Waals surface area (Å²) in [5.74, 6) is -0.839. The molecule has 2 rings (SSSR count). The Hall–Kier alpha value is -1.64. The number of hydrogen-bond acceptors (Lipinski definition) is 3. The molecule has 3 heteroatoms. The molecule has 1 aromatic carbocycles. The summed E-state index contributed by atoms with van der Waals surface area (Å²) >= 11 is 0. The van der Waals surface area contributed by atoms with Crippen LogP contribution >= 0.6 is 0 Å². The van der Waals surface area contributed by atoms with Crippen molar-refractivity contribution in [2.45, 2.75) is 20.3 Å². The molecule has 0 radical (unpaired) electrons. The van der Waals surface area contributed by atoms with Gasteiger partial charge in [0.1, 0.15) is 0 Å². The lowest BCUT2D eigenvalue weighted by Crippen LogP contribution is -2.35. The van der Waals surface area contributed by atoms with Crippen LogP contribution in [-0.2, 0) is 16.0 Å². The molecule has 0 spiro atoms. The first-order valence-electron chi connectivity index (χ1n) is 5.94. The molecule has 1 aromatic rings. The molecule has 0 fully saturated rings. The van der Waals surface area contributed by atoms with Gasteiger partial charge in [-0.15, -0.1) is 0 Å². The summed E-state index contributed by atoms with van der Waals surface area (Å²) in [6.45, 7) is 3.94. The molecule has 90 valence electrons. The fourth-order valence-corrected chi connectivity index (χ4v) is 2.32. The van der Waals surface area contributed by atoms with Crippen LogP contribution in [0, 0.1) is 11.8 Å². The Kier molecular flexibility index (Phi) is 3.27. The van der Waals surface area contributed by atoms with E-state index in [-0.39, 0.29) is 23.6 Å². The van der Waals surface area contributed by atoms with Gasteiger partial charge in [0.25, 0.3) is 0 Å². The van der Waals surface area contributed by atoms with E-state index in [2.05, 4.69) is 0 Å². The van der Waals surface area contributed by atoms with Crippen LogP contribution in [-0.4, -0.2) is 18.4 Å². The van der Waals surface area contributed by atoms with Gasteiger partial charge in [0.2, 0.25) is 0 Å². The quantitative estimate of drug-likeness (QED) is 0.734. The lowest BCUT2D eigenvalue weighted by molar-refractivity contribution is -0.149. The van der Waals surface area contributed by atoms with Crippen molar-refractivity contribution in [3.63, 3.8) is 0 Å². The maximum Gasteiger partial charge on any atom is 0.309 e. The highest BCUT2D eigenvalue weighted by Crippen LogP contribution is 2.30. The first-order valence-corrected chi connectivity index (χ1v) is 5.94. The molecule has 0 heterocycles. The van der Waals surface area contributed by atoms with Crippen molar-refractivity contribution in [2.75, 3.05) is 6.61 Å².